The van der Waals surface area contributed by atoms with Gasteiger partial charge >= 0.3 is 6.18 Å². The fraction of sp³-hybridized carbons (Fsp3) is 0.333. The van der Waals surface area contributed by atoms with Gasteiger partial charge in [-0.15, -0.1) is 0 Å². The summed E-state index contributed by atoms with van der Waals surface area (Å²) in [4.78, 5) is 24.3. The molecule has 1 aliphatic carbocycles. The first-order valence-electron chi connectivity index (χ1n) is 9.18. The Morgan fingerprint density at radius 2 is 1.72 bits per heavy atom. The van der Waals surface area contributed by atoms with Gasteiger partial charge < -0.3 is 10.6 Å². The maximum atomic E-state index is 13.2. The first-order chi connectivity index (χ1) is 13.6. The summed E-state index contributed by atoms with van der Waals surface area (Å²) in [5, 5.41) is 5.58. The molecule has 0 bridgehead atoms. The number of rotatable bonds is 4. The zero-order valence-electron chi connectivity index (χ0n) is 15.7. The molecule has 2 aromatic carbocycles. The molecule has 0 unspecified atom stereocenters. The van der Waals surface area contributed by atoms with Crippen molar-refractivity contribution in [3.05, 3.63) is 58.6 Å². The molecule has 29 heavy (non-hydrogen) atoms. The molecule has 0 heterocycles. The van der Waals surface area contributed by atoms with E-state index >= 15 is 0 Å². The lowest BCUT2D eigenvalue weighted by molar-refractivity contribution is -0.137. The molecule has 4 nitrogen and oxygen atoms in total. The lowest BCUT2D eigenvalue weighted by atomic mass is 9.77. The largest absolute Gasteiger partial charge is 0.416 e. The SMILES string of the molecule is CC(=O)Nc1ccc(NC(=O)C2(c3cccc(C(F)(F)F)c3)CCCC2)c(Cl)c1. The molecule has 2 amide bonds. The quantitative estimate of drug-likeness (QED) is 0.654. The van der Waals surface area contributed by atoms with Crippen molar-refractivity contribution in [1.29, 1.82) is 0 Å². The molecule has 0 spiro atoms. The van der Waals surface area contributed by atoms with Crippen molar-refractivity contribution in [3.8, 4) is 0 Å². The van der Waals surface area contributed by atoms with Crippen molar-refractivity contribution in [3.63, 3.8) is 0 Å². The summed E-state index contributed by atoms with van der Waals surface area (Å²) in [6.45, 7) is 1.36. The van der Waals surface area contributed by atoms with Crippen molar-refractivity contribution in [1.82, 2.24) is 0 Å². The van der Waals surface area contributed by atoms with Crippen molar-refractivity contribution in [2.75, 3.05) is 10.6 Å². The summed E-state index contributed by atoms with van der Waals surface area (Å²) in [6.07, 6.45) is -2.06. The van der Waals surface area contributed by atoms with E-state index in [2.05, 4.69) is 10.6 Å². The van der Waals surface area contributed by atoms with Crippen LogP contribution in [-0.2, 0) is 21.2 Å². The third-order valence-corrected chi connectivity index (χ3v) is 5.48. The van der Waals surface area contributed by atoms with Gasteiger partial charge in [0.05, 0.1) is 21.7 Å². The van der Waals surface area contributed by atoms with Gasteiger partial charge in [-0.2, -0.15) is 13.2 Å². The summed E-state index contributed by atoms with van der Waals surface area (Å²) >= 11 is 6.23. The average Bonchev–Trinajstić information content (AvgIpc) is 3.14. The van der Waals surface area contributed by atoms with E-state index in [1.54, 1.807) is 18.2 Å². The third kappa shape index (κ3) is 4.56. The van der Waals surface area contributed by atoms with E-state index in [1.807, 2.05) is 0 Å². The number of halogens is 4. The van der Waals surface area contributed by atoms with E-state index in [0.717, 1.165) is 25.0 Å². The van der Waals surface area contributed by atoms with Crippen LogP contribution in [0.3, 0.4) is 0 Å². The van der Waals surface area contributed by atoms with Crippen LogP contribution in [0.1, 0.15) is 43.7 Å². The van der Waals surface area contributed by atoms with E-state index in [9.17, 15) is 22.8 Å². The molecule has 0 aromatic heterocycles. The van der Waals surface area contributed by atoms with Crippen LogP contribution < -0.4 is 10.6 Å². The van der Waals surface area contributed by atoms with E-state index in [-0.39, 0.29) is 16.8 Å². The molecule has 2 N–H and O–H groups in total. The van der Waals surface area contributed by atoms with Crippen LogP contribution in [0.4, 0.5) is 24.5 Å². The fourth-order valence-electron chi connectivity index (χ4n) is 3.76. The average molecular weight is 425 g/mol. The summed E-state index contributed by atoms with van der Waals surface area (Å²) in [5.41, 5.74) is -0.640. The minimum atomic E-state index is -4.48. The van der Waals surface area contributed by atoms with E-state index in [4.69, 9.17) is 11.6 Å². The van der Waals surface area contributed by atoms with Gasteiger partial charge in [-0.05, 0) is 42.7 Å². The molecule has 1 fully saturated rings. The van der Waals surface area contributed by atoms with E-state index in [0.29, 0.717) is 29.8 Å². The highest BCUT2D eigenvalue weighted by Gasteiger charge is 2.44. The van der Waals surface area contributed by atoms with Crippen LogP contribution in [0.25, 0.3) is 0 Å². The Hall–Kier alpha value is -2.54. The van der Waals surface area contributed by atoms with Gasteiger partial charge in [-0.3, -0.25) is 9.59 Å². The topological polar surface area (TPSA) is 58.2 Å². The third-order valence-electron chi connectivity index (χ3n) is 5.17. The monoisotopic (exact) mass is 424 g/mol. The standard InChI is InChI=1S/C21H20ClF3N2O2/c1-13(28)26-16-7-8-18(17(22)12-16)27-19(29)20(9-2-3-10-20)14-5-4-6-15(11-14)21(23,24)25/h4-8,11-12H,2-3,9-10H2,1H3,(H,26,28)(H,27,29). The van der Waals surface area contributed by atoms with Crippen LogP contribution in [0.2, 0.25) is 5.02 Å². The minimum absolute atomic E-state index is 0.224. The number of carbonyl (C=O) groups is 2. The van der Waals surface area contributed by atoms with Crippen LogP contribution in [0.15, 0.2) is 42.5 Å². The van der Waals surface area contributed by atoms with Gasteiger partial charge in [0, 0.05) is 12.6 Å². The van der Waals surface area contributed by atoms with Crippen molar-refractivity contribution in [2.24, 2.45) is 0 Å². The molecular weight excluding hydrogens is 405 g/mol. The molecule has 154 valence electrons. The molecule has 8 heteroatoms. The molecule has 0 atom stereocenters. The molecule has 0 aliphatic heterocycles. The zero-order valence-corrected chi connectivity index (χ0v) is 16.5. The lowest BCUT2D eigenvalue weighted by Crippen LogP contribution is -2.38. The highest BCUT2D eigenvalue weighted by atomic mass is 35.5. The Balaban J connectivity index is 1.90. The minimum Gasteiger partial charge on any atom is -0.326 e. The summed E-state index contributed by atoms with van der Waals surface area (Å²) < 4.78 is 39.5. The van der Waals surface area contributed by atoms with Gasteiger partial charge in [0.25, 0.3) is 0 Å². The van der Waals surface area contributed by atoms with Gasteiger partial charge in [0.2, 0.25) is 11.8 Å². The molecular formula is C21H20ClF3N2O2. The number of alkyl halides is 3. The Morgan fingerprint density at radius 3 is 2.31 bits per heavy atom. The van der Waals surface area contributed by atoms with Crippen LogP contribution in [0, 0.1) is 0 Å². The predicted molar refractivity (Wildman–Crippen MR) is 106 cm³/mol. The number of nitrogens with one attached hydrogen (secondary N) is 2. The van der Waals surface area contributed by atoms with E-state index in [1.165, 1.54) is 19.1 Å². The second kappa shape index (κ2) is 8.06. The number of hydrogen-bond donors (Lipinski definition) is 2. The molecule has 0 saturated heterocycles. The molecule has 1 saturated carbocycles. The number of carbonyl (C=O) groups excluding carboxylic acids is 2. The first-order valence-corrected chi connectivity index (χ1v) is 9.56. The van der Waals surface area contributed by atoms with Gasteiger partial charge in [-0.1, -0.05) is 42.6 Å². The Kier molecular flexibility index (Phi) is 5.89. The maximum Gasteiger partial charge on any atom is 0.416 e. The van der Waals surface area contributed by atoms with Crippen LogP contribution in [0.5, 0.6) is 0 Å². The number of anilines is 2. The highest BCUT2D eigenvalue weighted by molar-refractivity contribution is 6.34. The van der Waals surface area contributed by atoms with Crippen molar-refractivity contribution >= 4 is 34.8 Å². The zero-order chi connectivity index (χ0) is 21.2. The van der Waals surface area contributed by atoms with Gasteiger partial charge in [0.15, 0.2) is 0 Å². The summed E-state index contributed by atoms with van der Waals surface area (Å²) in [7, 11) is 0. The van der Waals surface area contributed by atoms with Crippen LogP contribution >= 0.6 is 11.6 Å². The normalized spacial score (nSPS) is 15.8. The smallest absolute Gasteiger partial charge is 0.326 e. The first kappa shape index (κ1) is 21.2. The predicted octanol–water partition coefficient (Wildman–Crippen LogP) is 5.77. The van der Waals surface area contributed by atoms with Crippen molar-refractivity contribution in [2.45, 2.75) is 44.2 Å². The lowest BCUT2D eigenvalue weighted by Gasteiger charge is -2.29. The van der Waals surface area contributed by atoms with Gasteiger partial charge in [-0.25, -0.2) is 0 Å². The number of benzene rings is 2. The number of hydrogen-bond acceptors (Lipinski definition) is 2. The molecule has 1 aliphatic rings. The highest BCUT2D eigenvalue weighted by Crippen LogP contribution is 2.44. The second-order valence-electron chi connectivity index (χ2n) is 7.20. The molecule has 0 radical (unpaired) electrons. The number of amides is 2. The van der Waals surface area contributed by atoms with Crippen LogP contribution in [-0.4, -0.2) is 11.8 Å². The summed E-state index contributed by atoms with van der Waals surface area (Å²) in [6, 6.07) is 9.62. The fourth-order valence-corrected chi connectivity index (χ4v) is 3.99. The molecule has 3 rings (SSSR count). The second-order valence-corrected chi connectivity index (χ2v) is 7.60. The Bertz CT molecular complexity index is 938. The van der Waals surface area contributed by atoms with E-state index < -0.39 is 17.2 Å². The Morgan fingerprint density at radius 1 is 1.03 bits per heavy atom. The van der Waals surface area contributed by atoms with Crippen molar-refractivity contribution < 1.29 is 22.8 Å². The molecule has 2 aromatic rings. The summed E-state index contributed by atoms with van der Waals surface area (Å²) in [5.74, 6) is -0.643. The maximum absolute atomic E-state index is 13.2. The Labute approximate surface area is 171 Å². The van der Waals surface area contributed by atoms with Gasteiger partial charge in [0.1, 0.15) is 0 Å².